The average Bonchev–Trinajstić information content (AvgIpc) is 3.15. The molecule has 3 rings (SSSR count). The van der Waals surface area contributed by atoms with Gasteiger partial charge in [0.2, 0.25) is 5.91 Å². The number of H-pyrrole nitrogens is 1. The number of thiazole rings is 1. The van der Waals surface area contributed by atoms with E-state index in [2.05, 4.69) is 15.2 Å². The Hall–Kier alpha value is -2.68. The molecule has 0 saturated heterocycles. The van der Waals surface area contributed by atoms with Crippen LogP contribution in [0.25, 0.3) is 22.0 Å². The maximum Gasteiger partial charge on any atom is 0.427 e. The minimum absolute atomic E-state index is 0.0144. The molecule has 23 heavy (non-hydrogen) atoms. The van der Waals surface area contributed by atoms with E-state index in [0.29, 0.717) is 17.0 Å². The average molecular weight is 338 g/mol. The number of nitrogens with one attached hydrogen (secondary N) is 1. The first-order valence-corrected chi connectivity index (χ1v) is 7.16. The number of carbonyl (C=O) groups is 1. The first-order valence-electron chi connectivity index (χ1n) is 6.35. The van der Waals surface area contributed by atoms with Gasteiger partial charge in [0.1, 0.15) is 9.88 Å². The number of benzene rings is 1. The fourth-order valence-electron chi connectivity index (χ4n) is 2.09. The highest BCUT2D eigenvalue weighted by molar-refractivity contribution is 7.15. The molecule has 0 bridgehead atoms. The Labute approximate surface area is 132 Å². The van der Waals surface area contributed by atoms with Crippen molar-refractivity contribution in [2.75, 3.05) is 0 Å². The van der Waals surface area contributed by atoms with Gasteiger partial charge in [0.05, 0.1) is 11.4 Å². The molecule has 3 N–H and O–H groups in total. The Morgan fingerprint density at radius 1 is 1.22 bits per heavy atom. The predicted octanol–water partition coefficient (Wildman–Crippen LogP) is 3.32. The van der Waals surface area contributed by atoms with Crippen LogP contribution in [0.1, 0.15) is 15.2 Å². The van der Waals surface area contributed by atoms with Crippen LogP contribution < -0.4 is 5.73 Å². The number of alkyl halides is 3. The number of hydrogen-bond acceptors (Lipinski definition) is 4. The van der Waals surface area contributed by atoms with Crippen LogP contribution in [-0.4, -0.2) is 21.1 Å². The van der Waals surface area contributed by atoms with Crippen molar-refractivity contribution in [1.82, 2.24) is 15.2 Å². The zero-order valence-electron chi connectivity index (χ0n) is 11.4. The molecule has 0 fully saturated rings. The van der Waals surface area contributed by atoms with E-state index in [1.54, 1.807) is 0 Å². The number of amides is 1. The highest BCUT2D eigenvalue weighted by atomic mass is 32.1. The first-order chi connectivity index (χ1) is 10.9. The van der Waals surface area contributed by atoms with Crippen LogP contribution in [0.2, 0.25) is 0 Å². The van der Waals surface area contributed by atoms with Gasteiger partial charge in [-0.2, -0.15) is 18.3 Å². The largest absolute Gasteiger partial charge is 0.427 e. The van der Waals surface area contributed by atoms with E-state index in [0.717, 1.165) is 0 Å². The van der Waals surface area contributed by atoms with Gasteiger partial charge in [-0.3, -0.25) is 9.89 Å². The van der Waals surface area contributed by atoms with Crippen molar-refractivity contribution in [3.8, 4) is 22.0 Å². The number of rotatable bonds is 3. The normalized spacial score (nSPS) is 11.6. The third-order valence-corrected chi connectivity index (χ3v) is 4.20. The van der Waals surface area contributed by atoms with Crippen molar-refractivity contribution in [1.29, 1.82) is 0 Å². The topological polar surface area (TPSA) is 84.7 Å². The molecule has 5 nitrogen and oxygen atoms in total. The molecular formula is C14H9F3N4OS. The van der Waals surface area contributed by atoms with E-state index in [-0.39, 0.29) is 21.8 Å². The van der Waals surface area contributed by atoms with Crippen molar-refractivity contribution in [2.24, 2.45) is 5.73 Å². The van der Waals surface area contributed by atoms with Crippen LogP contribution in [-0.2, 0) is 6.18 Å². The first kappa shape index (κ1) is 15.2. The van der Waals surface area contributed by atoms with E-state index >= 15 is 0 Å². The smallest absolute Gasteiger partial charge is 0.366 e. The van der Waals surface area contributed by atoms with Crippen molar-refractivity contribution < 1.29 is 18.0 Å². The van der Waals surface area contributed by atoms with Crippen molar-refractivity contribution in [2.45, 2.75) is 6.18 Å². The molecular weight excluding hydrogens is 329 g/mol. The van der Waals surface area contributed by atoms with Crippen molar-refractivity contribution in [3.63, 3.8) is 0 Å². The summed E-state index contributed by atoms with van der Waals surface area (Å²) in [5.74, 6) is -0.815. The van der Waals surface area contributed by atoms with E-state index < -0.39 is 17.0 Å². The van der Waals surface area contributed by atoms with E-state index in [9.17, 15) is 18.0 Å². The lowest BCUT2D eigenvalue weighted by molar-refractivity contribution is -0.134. The van der Waals surface area contributed by atoms with Crippen LogP contribution in [0.4, 0.5) is 13.2 Å². The fraction of sp³-hybridized carbons (Fsp3) is 0.0714. The van der Waals surface area contributed by atoms with E-state index in [4.69, 9.17) is 5.73 Å². The molecule has 0 unspecified atom stereocenters. The highest BCUT2D eigenvalue weighted by Gasteiger charge is 2.38. The molecule has 0 aliphatic carbocycles. The van der Waals surface area contributed by atoms with Crippen LogP contribution in [0.3, 0.4) is 0 Å². The van der Waals surface area contributed by atoms with Gasteiger partial charge in [-0.25, -0.2) is 4.98 Å². The number of aromatic nitrogens is 3. The monoisotopic (exact) mass is 338 g/mol. The summed E-state index contributed by atoms with van der Waals surface area (Å²) in [6.45, 7) is 0. The Morgan fingerprint density at radius 2 is 1.96 bits per heavy atom. The second-order valence-corrected chi connectivity index (χ2v) is 5.57. The van der Waals surface area contributed by atoms with Gasteiger partial charge < -0.3 is 5.73 Å². The number of aromatic amines is 1. The molecule has 118 valence electrons. The molecule has 0 atom stereocenters. The maximum absolute atomic E-state index is 13.4. The minimum Gasteiger partial charge on any atom is -0.366 e. The molecule has 0 aliphatic rings. The summed E-state index contributed by atoms with van der Waals surface area (Å²) in [5, 5.41) is 6.41. The minimum atomic E-state index is -4.60. The molecule has 2 aromatic heterocycles. The second kappa shape index (κ2) is 5.51. The molecule has 3 aromatic rings. The van der Waals surface area contributed by atoms with Crippen LogP contribution in [0.15, 0.2) is 36.5 Å². The van der Waals surface area contributed by atoms with Gasteiger partial charge in [0.15, 0.2) is 0 Å². The summed E-state index contributed by atoms with van der Waals surface area (Å²) in [6.07, 6.45) is -3.18. The molecule has 0 aliphatic heterocycles. The van der Waals surface area contributed by atoms with Crippen LogP contribution in [0, 0.1) is 0 Å². The quantitative estimate of drug-likeness (QED) is 0.768. The molecule has 1 amide bonds. The lowest BCUT2D eigenvalue weighted by atomic mass is 10.0. The second-order valence-electron chi connectivity index (χ2n) is 4.57. The number of primary amides is 1. The lowest BCUT2D eigenvalue weighted by Crippen LogP contribution is -2.13. The number of carbonyl (C=O) groups excluding carboxylic acids is 1. The molecule has 9 heteroatoms. The zero-order chi connectivity index (χ0) is 16.6. The Kier molecular flexibility index (Phi) is 3.64. The number of nitrogens with two attached hydrogens (primary N) is 1. The third-order valence-electron chi connectivity index (χ3n) is 3.06. The van der Waals surface area contributed by atoms with Crippen LogP contribution in [0.5, 0.6) is 0 Å². The molecule has 0 spiro atoms. The Balaban J connectivity index is 2.25. The van der Waals surface area contributed by atoms with Gasteiger partial charge in [0.25, 0.3) is 0 Å². The van der Waals surface area contributed by atoms with Gasteiger partial charge in [-0.05, 0) is 12.1 Å². The summed E-state index contributed by atoms with van der Waals surface area (Å²) < 4.78 is 40.1. The van der Waals surface area contributed by atoms with Gasteiger partial charge in [-0.1, -0.05) is 18.2 Å². The summed E-state index contributed by atoms with van der Waals surface area (Å²) >= 11 is 0.480. The summed E-state index contributed by atoms with van der Waals surface area (Å²) in [6, 6.07) is 7.33. The van der Waals surface area contributed by atoms with Crippen molar-refractivity contribution in [3.05, 3.63) is 47.0 Å². The summed E-state index contributed by atoms with van der Waals surface area (Å²) in [4.78, 5) is 14.7. The summed E-state index contributed by atoms with van der Waals surface area (Å²) in [5.41, 5.74) is 5.33. The fourth-order valence-corrected chi connectivity index (χ4v) is 3.01. The molecule has 2 heterocycles. The SMILES string of the molecule is NC(=O)c1ccccc1-c1nc(-c2ccn[nH]2)sc1C(F)(F)F. The van der Waals surface area contributed by atoms with Gasteiger partial charge in [0, 0.05) is 17.3 Å². The Bertz CT molecular complexity index is 855. The molecule has 0 saturated carbocycles. The number of nitrogens with zero attached hydrogens (tertiary/aromatic N) is 2. The predicted molar refractivity (Wildman–Crippen MR) is 78.7 cm³/mol. The number of halogens is 3. The molecule has 1 aromatic carbocycles. The molecule has 0 radical (unpaired) electrons. The van der Waals surface area contributed by atoms with E-state index in [1.807, 2.05) is 0 Å². The third kappa shape index (κ3) is 2.82. The zero-order valence-corrected chi connectivity index (χ0v) is 12.2. The number of hydrogen-bond donors (Lipinski definition) is 2. The standard InChI is InChI=1S/C14H9F3N4OS/c15-14(16,17)11-10(7-3-1-2-4-8(7)12(18)22)20-13(23-11)9-5-6-19-21-9/h1-6H,(H2,18,22)(H,19,21). The Morgan fingerprint density at radius 3 is 2.57 bits per heavy atom. The van der Waals surface area contributed by atoms with E-state index in [1.165, 1.54) is 36.5 Å². The highest BCUT2D eigenvalue weighted by Crippen LogP contribution is 2.43. The van der Waals surface area contributed by atoms with Gasteiger partial charge >= 0.3 is 6.18 Å². The van der Waals surface area contributed by atoms with Gasteiger partial charge in [-0.15, -0.1) is 11.3 Å². The van der Waals surface area contributed by atoms with Crippen LogP contribution >= 0.6 is 11.3 Å². The summed E-state index contributed by atoms with van der Waals surface area (Å²) in [7, 11) is 0. The maximum atomic E-state index is 13.4. The van der Waals surface area contributed by atoms with Crippen molar-refractivity contribution >= 4 is 17.2 Å². The lowest BCUT2D eigenvalue weighted by Gasteiger charge is -2.08.